The van der Waals surface area contributed by atoms with E-state index in [0.29, 0.717) is 12.0 Å². The lowest BCUT2D eigenvalue weighted by Crippen LogP contribution is -2.21. The van der Waals surface area contributed by atoms with Gasteiger partial charge in [0.15, 0.2) is 5.82 Å². The van der Waals surface area contributed by atoms with Crippen LogP contribution < -0.4 is 5.32 Å². The molecule has 1 aromatic heterocycles. The van der Waals surface area contributed by atoms with Crippen molar-refractivity contribution in [1.29, 1.82) is 0 Å². The van der Waals surface area contributed by atoms with Crippen LogP contribution in [0.15, 0.2) is 24.3 Å². The lowest BCUT2D eigenvalue weighted by molar-refractivity contribution is 0.560. The van der Waals surface area contributed by atoms with Gasteiger partial charge in [-0.1, -0.05) is 26.0 Å². The number of nitrogens with one attached hydrogen (secondary N) is 2. The number of rotatable bonds is 4. The SMILES string of the molecule is Cc1nc(-c2cccc(NC(C)C(C)C)c2)n[nH]1. The maximum absolute atomic E-state index is 4.34. The third-order valence-corrected chi connectivity index (χ3v) is 3.11. The molecule has 1 unspecified atom stereocenters. The van der Waals surface area contributed by atoms with E-state index in [9.17, 15) is 0 Å². The van der Waals surface area contributed by atoms with Crippen LogP contribution in [0.25, 0.3) is 11.4 Å². The van der Waals surface area contributed by atoms with Crippen molar-refractivity contribution < 1.29 is 0 Å². The average molecular weight is 244 g/mol. The first-order chi connectivity index (χ1) is 8.56. The zero-order valence-electron chi connectivity index (χ0n) is 11.4. The third-order valence-electron chi connectivity index (χ3n) is 3.11. The van der Waals surface area contributed by atoms with Gasteiger partial charge in [0.05, 0.1) is 0 Å². The van der Waals surface area contributed by atoms with Crippen molar-refractivity contribution in [1.82, 2.24) is 15.2 Å². The summed E-state index contributed by atoms with van der Waals surface area (Å²) in [6, 6.07) is 8.64. The van der Waals surface area contributed by atoms with Crippen LogP contribution in [0.1, 0.15) is 26.6 Å². The molecule has 4 nitrogen and oxygen atoms in total. The van der Waals surface area contributed by atoms with Crippen LogP contribution in [-0.4, -0.2) is 21.2 Å². The van der Waals surface area contributed by atoms with Gasteiger partial charge in [-0.3, -0.25) is 5.10 Å². The van der Waals surface area contributed by atoms with Crippen LogP contribution in [0.5, 0.6) is 0 Å². The van der Waals surface area contributed by atoms with Gasteiger partial charge in [0.1, 0.15) is 5.82 Å². The normalized spacial score (nSPS) is 12.7. The molecule has 0 aliphatic rings. The first-order valence-electron chi connectivity index (χ1n) is 6.32. The molecule has 0 radical (unpaired) electrons. The molecule has 0 amide bonds. The standard InChI is InChI=1S/C14H20N4/c1-9(2)10(3)15-13-7-5-6-12(8-13)14-16-11(4)17-18-14/h5-10,15H,1-4H3,(H,16,17,18). The van der Waals surface area contributed by atoms with Gasteiger partial charge < -0.3 is 5.32 Å². The highest BCUT2D eigenvalue weighted by atomic mass is 15.2. The molecule has 0 saturated carbocycles. The van der Waals surface area contributed by atoms with Crippen molar-refractivity contribution in [3.05, 3.63) is 30.1 Å². The van der Waals surface area contributed by atoms with E-state index in [1.54, 1.807) is 0 Å². The second kappa shape index (κ2) is 5.21. The predicted octanol–water partition coefficient (Wildman–Crippen LogP) is 3.24. The topological polar surface area (TPSA) is 53.6 Å². The maximum Gasteiger partial charge on any atom is 0.181 e. The number of aromatic amines is 1. The number of hydrogen-bond acceptors (Lipinski definition) is 3. The molecule has 0 aliphatic heterocycles. The van der Waals surface area contributed by atoms with Crippen LogP contribution >= 0.6 is 0 Å². The molecular formula is C14H20N4. The molecule has 0 bridgehead atoms. The van der Waals surface area contributed by atoms with Crippen molar-refractivity contribution in [2.45, 2.75) is 33.7 Å². The maximum atomic E-state index is 4.34. The molecule has 1 aromatic carbocycles. The molecule has 0 fully saturated rings. The van der Waals surface area contributed by atoms with Crippen LogP contribution in [0.2, 0.25) is 0 Å². The minimum absolute atomic E-state index is 0.439. The van der Waals surface area contributed by atoms with Gasteiger partial charge in [-0.05, 0) is 31.9 Å². The molecule has 2 N–H and O–H groups in total. The Balaban J connectivity index is 2.20. The number of aromatic nitrogens is 3. The second-order valence-corrected chi connectivity index (χ2v) is 5.00. The van der Waals surface area contributed by atoms with Crippen LogP contribution in [0, 0.1) is 12.8 Å². The molecule has 18 heavy (non-hydrogen) atoms. The fourth-order valence-electron chi connectivity index (χ4n) is 1.65. The average Bonchev–Trinajstić information content (AvgIpc) is 2.76. The van der Waals surface area contributed by atoms with Crippen molar-refractivity contribution in [2.75, 3.05) is 5.32 Å². The van der Waals surface area contributed by atoms with Gasteiger partial charge in [0.25, 0.3) is 0 Å². The Hall–Kier alpha value is -1.84. The molecule has 1 heterocycles. The number of benzene rings is 1. The quantitative estimate of drug-likeness (QED) is 0.868. The van der Waals surface area contributed by atoms with E-state index in [0.717, 1.165) is 22.9 Å². The number of aryl methyl sites for hydroxylation is 1. The summed E-state index contributed by atoms with van der Waals surface area (Å²) < 4.78 is 0. The van der Waals surface area contributed by atoms with Gasteiger partial charge in [-0.15, -0.1) is 0 Å². The predicted molar refractivity (Wildman–Crippen MR) is 74.5 cm³/mol. The summed E-state index contributed by atoms with van der Waals surface area (Å²) in [7, 11) is 0. The van der Waals surface area contributed by atoms with E-state index in [2.05, 4.69) is 53.4 Å². The monoisotopic (exact) mass is 244 g/mol. The Kier molecular flexibility index (Phi) is 3.65. The highest BCUT2D eigenvalue weighted by molar-refractivity contribution is 5.62. The fraction of sp³-hybridized carbons (Fsp3) is 0.429. The van der Waals surface area contributed by atoms with Crippen LogP contribution in [0.4, 0.5) is 5.69 Å². The Bertz CT molecular complexity index is 516. The van der Waals surface area contributed by atoms with Gasteiger partial charge in [0.2, 0.25) is 0 Å². The van der Waals surface area contributed by atoms with E-state index in [-0.39, 0.29) is 0 Å². The van der Waals surface area contributed by atoms with Crippen molar-refractivity contribution in [3.63, 3.8) is 0 Å². The summed E-state index contributed by atoms with van der Waals surface area (Å²) >= 11 is 0. The molecule has 0 spiro atoms. The van der Waals surface area contributed by atoms with Crippen LogP contribution in [0.3, 0.4) is 0 Å². The lowest BCUT2D eigenvalue weighted by atomic mass is 10.1. The first kappa shape index (κ1) is 12.6. The molecule has 1 atom stereocenters. The van der Waals surface area contributed by atoms with E-state index in [4.69, 9.17) is 0 Å². The summed E-state index contributed by atoms with van der Waals surface area (Å²) in [6.45, 7) is 8.51. The molecule has 96 valence electrons. The number of anilines is 1. The van der Waals surface area contributed by atoms with Crippen molar-refractivity contribution in [3.8, 4) is 11.4 Å². The minimum Gasteiger partial charge on any atom is -0.382 e. The Morgan fingerprint density at radius 3 is 2.61 bits per heavy atom. The summed E-state index contributed by atoms with van der Waals surface area (Å²) in [5.41, 5.74) is 2.14. The molecule has 4 heteroatoms. The smallest absolute Gasteiger partial charge is 0.181 e. The lowest BCUT2D eigenvalue weighted by Gasteiger charge is -2.19. The molecule has 2 aromatic rings. The molecule has 0 saturated heterocycles. The molecule has 0 aliphatic carbocycles. The van der Waals surface area contributed by atoms with Gasteiger partial charge >= 0.3 is 0 Å². The van der Waals surface area contributed by atoms with Gasteiger partial charge in [-0.25, -0.2) is 4.98 Å². The Labute approximate surface area is 108 Å². The minimum atomic E-state index is 0.439. The number of nitrogens with zero attached hydrogens (tertiary/aromatic N) is 2. The van der Waals surface area contributed by atoms with E-state index < -0.39 is 0 Å². The summed E-state index contributed by atoms with van der Waals surface area (Å²) in [5.74, 6) is 2.17. The van der Waals surface area contributed by atoms with E-state index >= 15 is 0 Å². The van der Waals surface area contributed by atoms with Crippen molar-refractivity contribution >= 4 is 5.69 Å². The van der Waals surface area contributed by atoms with Crippen molar-refractivity contribution in [2.24, 2.45) is 5.92 Å². The second-order valence-electron chi connectivity index (χ2n) is 5.00. The van der Waals surface area contributed by atoms with Crippen LogP contribution in [-0.2, 0) is 0 Å². The number of H-pyrrole nitrogens is 1. The fourth-order valence-corrected chi connectivity index (χ4v) is 1.65. The van der Waals surface area contributed by atoms with E-state index in [1.807, 2.05) is 19.1 Å². The first-order valence-corrected chi connectivity index (χ1v) is 6.32. The molecular weight excluding hydrogens is 224 g/mol. The Morgan fingerprint density at radius 2 is 2.00 bits per heavy atom. The summed E-state index contributed by atoms with van der Waals surface area (Å²) in [6.07, 6.45) is 0. The molecule has 2 rings (SSSR count). The third kappa shape index (κ3) is 2.88. The number of hydrogen-bond donors (Lipinski definition) is 2. The Morgan fingerprint density at radius 1 is 1.22 bits per heavy atom. The zero-order valence-corrected chi connectivity index (χ0v) is 11.4. The van der Waals surface area contributed by atoms with Gasteiger partial charge in [-0.2, -0.15) is 5.10 Å². The van der Waals surface area contributed by atoms with Gasteiger partial charge in [0, 0.05) is 17.3 Å². The summed E-state index contributed by atoms with van der Waals surface area (Å²) in [4.78, 5) is 4.34. The highest BCUT2D eigenvalue weighted by Crippen LogP contribution is 2.20. The summed E-state index contributed by atoms with van der Waals surface area (Å²) in [5, 5.41) is 10.5. The highest BCUT2D eigenvalue weighted by Gasteiger charge is 2.08. The van der Waals surface area contributed by atoms with E-state index in [1.165, 1.54) is 0 Å². The largest absolute Gasteiger partial charge is 0.382 e. The zero-order chi connectivity index (χ0) is 13.1.